The third-order valence-electron chi connectivity index (χ3n) is 9.98. The summed E-state index contributed by atoms with van der Waals surface area (Å²) < 4.78 is 9.48. The van der Waals surface area contributed by atoms with Gasteiger partial charge in [0, 0.05) is 25.7 Å². The van der Waals surface area contributed by atoms with Crippen molar-refractivity contribution in [1.29, 1.82) is 0 Å². The molecule has 0 saturated heterocycles. The van der Waals surface area contributed by atoms with E-state index in [0.29, 0.717) is 0 Å². The van der Waals surface area contributed by atoms with Gasteiger partial charge in [0.1, 0.15) is 11.4 Å². The molecule has 7 aromatic carbocycles. The van der Waals surface area contributed by atoms with Gasteiger partial charge in [-0.05, 0) is 91.5 Å². The van der Waals surface area contributed by atoms with Gasteiger partial charge < -0.3 is 4.74 Å². The quantitative estimate of drug-likeness (QED) is 0.182. The number of benzene rings is 7. The predicted molar refractivity (Wildman–Crippen MR) is 192 cm³/mol. The highest BCUT2D eigenvalue weighted by Crippen LogP contribution is 2.54. The molecule has 2 aliphatic rings. The minimum absolute atomic E-state index is 0.116. The van der Waals surface area contributed by atoms with Crippen LogP contribution >= 0.6 is 11.3 Å². The van der Waals surface area contributed by atoms with E-state index in [1.165, 1.54) is 80.0 Å². The number of ether oxygens (including phenoxy) is 1. The number of rotatable bonds is 2. The molecule has 0 saturated carbocycles. The highest BCUT2D eigenvalue weighted by Gasteiger charge is 2.44. The maximum Gasteiger partial charge on any atom is 0.136 e. The summed E-state index contributed by atoms with van der Waals surface area (Å²) in [5.41, 5.74) is 5.93. The largest absolute Gasteiger partial charge is 0.482 e. The van der Waals surface area contributed by atoms with E-state index in [2.05, 4.69) is 153 Å². The fraction of sp³-hybridized carbons (Fsp3) is 0.0698. The fourth-order valence-corrected chi connectivity index (χ4v) is 9.11. The van der Waals surface area contributed by atoms with Crippen LogP contribution in [0.15, 0.2) is 133 Å². The number of hydrogen-bond donors (Lipinski definition) is 0. The summed E-state index contributed by atoms with van der Waals surface area (Å²) in [6.07, 6.45) is 4.74. The lowest BCUT2D eigenvalue weighted by Crippen LogP contribution is -2.41. The highest BCUT2D eigenvalue weighted by molar-refractivity contribution is 7.25. The molecule has 0 spiro atoms. The molecule has 1 nitrogen and oxygen atoms in total. The molecule has 1 aliphatic heterocycles. The molecule has 1 aliphatic carbocycles. The van der Waals surface area contributed by atoms with Gasteiger partial charge in [0.25, 0.3) is 0 Å². The second kappa shape index (κ2) is 9.17. The summed E-state index contributed by atoms with van der Waals surface area (Å²) in [6.45, 7) is 2.23. The molecule has 0 amide bonds. The van der Waals surface area contributed by atoms with Crippen LogP contribution in [0.25, 0.3) is 76.1 Å². The zero-order valence-corrected chi connectivity index (χ0v) is 25.6. The Morgan fingerprint density at radius 1 is 0.556 bits per heavy atom. The lowest BCUT2D eigenvalue weighted by Gasteiger charge is -2.28. The highest BCUT2D eigenvalue weighted by atomic mass is 32.1. The normalized spacial score (nSPS) is 18.3. The second-order valence-corrected chi connectivity index (χ2v) is 13.7. The van der Waals surface area contributed by atoms with Crippen LogP contribution in [0.1, 0.15) is 18.4 Å². The average molecular weight is 593 g/mol. The van der Waals surface area contributed by atoms with E-state index < -0.39 is 5.60 Å². The molecule has 10 rings (SSSR count). The van der Waals surface area contributed by atoms with E-state index in [9.17, 15) is 0 Å². The van der Waals surface area contributed by atoms with Crippen molar-refractivity contribution < 1.29 is 4.74 Å². The maximum absolute atomic E-state index is 6.82. The molecule has 0 fully saturated rings. The second-order valence-electron chi connectivity index (χ2n) is 12.6. The summed E-state index contributed by atoms with van der Waals surface area (Å²) in [6, 6.07) is 49.0. The fourth-order valence-electron chi connectivity index (χ4n) is 8.02. The maximum atomic E-state index is 6.82. The van der Waals surface area contributed by atoms with E-state index in [-0.39, 0.29) is 5.92 Å². The van der Waals surface area contributed by atoms with Crippen molar-refractivity contribution in [2.45, 2.75) is 18.4 Å². The molecular weight excluding hydrogens is 565 g/mol. The van der Waals surface area contributed by atoms with Crippen LogP contribution in [0.2, 0.25) is 0 Å². The molecule has 8 aromatic rings. The van der Waals surface area contributed by atoms with Gasteiger partial charge in [0.2, 0.25) is 0 Å². The molecule has 1 aromatic heterocycles. The van der Waals surface area contributed by atoms with E-state index in [1.54, 1.807) is 0 Å². The summed E-state index contributed by atoms with van der Waals surface area (Å²) in [5, 5.41) is 10.2. The Labute approximate surface area is 265 Å². The first kappa shape index (κ1) is 25.2. The van der Waals surface area contributed by atoms with Crippen molar-refractivity contribution >= 4 is 65.2 Å². The van der Waals surface area contributed by atoms with Gasteiger partial charge in [-0.15, -0.1) is 11.3 Å². The Morgan fingerprint density at radius 2 is 1.18 bits per heavy atom. The third kappa shape index (κ3) is 3.55. The van der Waals surface area contributed by atoms with Gasteiger partial charge in [-0.1, -0.05) is 115 Å². The Kier molecular flexibility index (Phi) is 5.13. The smallest absolute Gasteiger partial charge is 0.136 e. The molecule has 2 unspecified atom stereocenters. The number of fused-ring (bicyclic) bond motifs is 9. The standard InChI is InChI=1S/C43H28OS/c1-43-25-28-12-3-2-11-26(28)24-36(43)42-34(18-10-19-37(42)44-43)41-32-16-6-4-14-30(32)40(31-15-5-7-17-33(31)41)27-21-22-39-35(23-27)29-13-8-9-20-38(29)45-39/h2-25,36H,1H3. The summed E-state index contributed by atoms with van der Waals surface area (Å²) >= 11 is 1.87. The van der Waals surface area contributed by atoms with Crippen molar-refractivity contribution in [3.05, 3.63) is 149 Å². The monoisotopic (exact) mass is 592 g/mol. The number of thiophene rings is 1. The van der Waals surface area contributed by atoms with Crippen LogP contribution in [0.5, 0.6) is 5.75 Å². The van der Waals surface area contributed by atoms with Crippen molar-refractivity contribution in [3.63, 3.8) is 0 Å². The van der Waals surface area contributed by atoms with Crippen molar-refractivity contribution in [1.82, 2.24) is 0 Å². The third-order valence-corrected chi connectivity index (χ3v) is 11.1. The zero-order valence-electron chi connectivity index (χ0n) is 24.8. The molecule has 2 heteroatoms. The Bertz CT molecular complexity index is 2600. The molecule has 0 N–H and O–H groups in total. The van der Waals surface area contributed by atoms with Crippen LogP contribution < -0.4 is 15.2 Å². The van der Waals surface area contributed by atoms with Crippen LogP contribution in [-0.4, -0.2) is 5.60 Å². The van der Waals surface area contributed by atoms with Crippen LogP contribution in [0.3, 0.4) is 0 Å². The van der Waals surface area contributed by atoms with Crippen LogP contribution in [0.4, 0.5) is 0 Å². The van der Waals surface area contributed by atoms with E-state index in [0.717, 1.165) is 5.75 Å². The Balaban J connectivity index is 1.28. The molecule has 0 bridgehead atoms. The Morgan fingerprint density at radius 3 is 1.93 bits per heavy atom. The predicted octanol–water partition coefficient (Wildman–Crippen LogP) is 10.2. The lowest BCUT2D eigenvalue weighted by atomic mass is 9.77. The molecule has 45 heavy (non-hydrogen) atoms. The molecule has 2 atom stereocenters. The summed E-state index contributed by atoms with van der Waals surface area (Å²) in [4.78, 5) is 0. The molecule has 212 valence electrons. The van der Waals surface area contributed by atoms with Gasteiger partial charge in [-0.3, -0.25) is 0 Å². The van der Waals surface area contributed by atoms with Crippen LogP contribution in [0, 0.1) is 0 Å². The topological polar surface area (TPSA) is 9.23 Å². The molecule has 0 radical (unpaired) electrons. The van der Waals surface area contributed by atoms with Crippen LogP contribution in [-0.2, 0) is 0 Å². The molecule has 2 heterocycles. The van der Waals surface area contributed by atoms with E-state index >= 15 is 0 Å². The van der Waals surface area contributed by atoms with Gasteiger partial charge in [0.15, 0.2) is 0 Å². The lowest BCUT2D eigenvalue weighted by molar-refractivity contribution is 0.177. The minimum atomic E-state index is -0.433. The van der Waals surface area contributed by atoms with Crippen molar-refractivity contribution in [2.75, 3.05) is 0 Å². The van der Waals surface area contributed by atoms with Gasteiger partial charge in [-0.2, -0.15) is 0 Å². The molecular formula is C43H28OS. The number of hydrogen-bond acceptors (Lipinski definition) is 2. The van der Waals surface area contributed by atoms with Gasteiger partial charge in [-0.25, -0.2) is 0 Å². The SMILES string of the molecule is CC12C=c3ccccc3=CC1c1c(cccc1-c1c3ccccc3c(-c3ccc4sc5ccccc5c4c3)c3ccccc13)O2. The van der Waals surface area contributed by atoms with Gasteiger partial charge >= 0.3 is 0 Å². The average Bonchev–Trinajstić information content (AvgIpc) is 3.59. The first-order chi connectivity index (χ1) is 22.2. The van der Waals surface area contributed by atoms with E-state index in [4.69, 9.17) is 4.74 Å². The van der Waals surface area contributed by atoms with E-state index in [1.807, 2.05) is 11.3 Å². The van der Waals surface area contributed by atoms with Gasteiger partial charge in [0.05, 0.1) is 5.92 Å². The first-order valence-electron chi connectivity index (χ1n) is 15.6. The zero-order chi connectivity index (χ0) is 29.7. The Hall–Kier alpha value is -5.18. The van der Waals surface area contributed by atoms with Crippen molar-refractivity contribution in [2.24, 2.45) is 0 Å². The first-order valence-corrected chi connectivity index (χ1v) is 16.5. The minimum Gasteiger partial charge on any atom is -0.482 e. The van der Waals surface area contributed by atoms with Crippen molar-refractivity contribution in [3.8, 4) is 28.0 Å². The summed E-state index contributed by atoms with van der Waals surface area (Å²) in [5.74, 6) is 1.09. The summed E-state index contributed by atoms with van der Waals surface area (Å²) in [7, 11) is 0.